The first-order chi connectivity index (χ1) is 8.53. The minimum absolute atomic E-state index is 0.0637. The third-order valence-electron chi connectivity index (χ3n) is 3.45. The molecular weight excluding hydrogens is 230 g/mol. The van der Waals surface area contributed by atoms with Gasteiger partial charge in [-0.2, -0.15) is 0 Å². The van der Waals surface area contributed by atoms with Crippen LogP contribution in [-0.2, 0) is 11.3 Å². The quantitative estimate of drug-likeness (QED) is 0.741. The lowest BCUT2D eigenvalue weighted by molar-refractivity contribution is 0.199. The van der Waals surface area contributed by atoms with E-state index in [1.165, 1.54) is 0 Å². The summed E-state index contributed by atoms with van der Waals surface area (Å²) in [6.07, 6.45) is 1.09. The van der Waals surface area contributed by atoms with Crippen LogP contribution in [0.5, 0.6) is 0 Å². The van der Waals surface area contributed by atoms with Crippen molar-refractivity contribution in [3.05, 3.63) is 27.9 Å². The van der Waals surface area contributed by atoms with Gasteiger partial charge in [-0.05, 0) is 11.8 Å². The summed E-state index contributed by atoms with van der Waals surface area (Å²) in [7, 11) is 1.67. The van der Waals surface area contributed by atoms with Crippen LogP contribution in [0.25, 0.3) is 0 Å². The van der Waals surface area contributed by atoms with Crippen LogP contribution in [0.2, 0.25) is 0 Å². The van der Waals surface area contributed by atoms with Gasteiger partial charge in [-0.1, -0.05) is 13.8 Å². The molecule has 1 fully saturated rings. The smallest absolute Gasteiger partial charge is 0.251 e. The highest BCUT2D eigenvalue weighted by atomic mass is 16.5. The molecule has 18 heavy (non-hydrogen) atoms. The fraction of sp³-hybridized carbons (Fsp3) is 0.692. The summed E-state index contributed by atoms with van der Waals surface area (Å²) in [5, 5.41) is 3.20. The number of nitrogens with zero attached hydrogens (tertiary/aromatic N) is 1. The predicted molar refractivity (Wildman–Crippen MR) is 69.6 cm³/mol. The molecule has 2 N–H and O–H groups in total. The molecule has 1 atom stereocenters. The van der Waals surface area contributed by atoms with Gasteiger partial charge in [-0.15, -0.1) is 0 Å². The van der Waals surface area contributed by atoms with Crippen molar-refractivity contribution in [2.24, 2.45) is 5.41 Å². The summed E-state index contributed by atoms with van der Waals surface area (Å²) in [5.74, 6) is 1.22. The maximum atomic E-state index is 11.6. The molecule has 1 heterocycles. The van der Waals surface area contributed by atoms with Gasteiger partial charge in [-0.3, -0.25) is 4.79 Å². The highest BCUT2D eigenvalue weighted by Gasteiger charge is 2.48. The molecule has 5 heteroatoms. The van der Waals surface area contributed by atoms with Crippen LogP contribution in [0.15, 0.2) is 10.9 Å². The van der Waals surface area contributed by atoms with Gasteiger partial charge in [0, 0.05) is 32.2 Å². The van der Waals surface area contributed by atoms with Gasteiger partial charge in [0.15, 0.2) is 0 Å². The number of hydrogen-bond acceptors (Lipinski definition) is 4. The fourth-order valence-corrected chi connectivity index (χ4v) is 2.11. The summed E-state index contributed by atoms with van der Waals surface area (Å²) < 4.78 is 4.95. The largest absolute Gasteiger partial charge is 0.383 e. The third kappa shape index (κ3) is 3.17. The molecule has 0 aromatic carbocycles. The third-order valence-corrected chi connectivity index (χ3v) is 3.45. The molecule has 0 bridgehead atoms. The standard InChI is InChI=1S/C13H21N3O2/c1-13(2)7-10(13)12-15-9(6-11(17)16-12)8-14-4-5-18-3/h6,10,14H,4-5,7-8H2,1-3H3,(H,15,16,17). The fourth-order valence-electron chi connectivity index (χ4n) is 2.11. The molecule has 100 valence electrons. The molecule has 0 aliphatic heterocycles. The van der Waals surface area contributed by atoms with Crippen molar-refractivity contribution < 1.29 is 4.74 Å². The Bertz CT molecular complexity index is 468. The van der Waals surface area contributed by atoms with Crippen molar-refractivity contribution >= 4 is 0 Å². The average Bonchev–Trinajstić information content (AvgIpc) is 2.93. The molecule has 1 aliphatic carbocycles. The van der Waals surface area contributed by atoms with Crippen molar-refractivity contribution in [2.45, 2.75) is 32.7 Å². The molecule has 1 unspecified atom stereocenters. The molecule has 0 amide bonds. The lowest BCUT2D eigenvalue weighted by Gasteiger charge is -2.07. The number of rotatable bonds is 6. The topological polar surface area (TPSA) is 67.0 Å². The van der Waals surface area contributed by atoms with Crippen LogP contribution >= 0.6 is 0 Å². The molecule has 5 nitrogen and oxygen atoms in total. The second-order valence-corrected chi connectivity index (χ2v) is 5.54. The number of ether oxygens (including phenoxy) is 1. The first-order valence-electron chi connectivity index (χ1n) is 6.33. The Balaban J connectivity index is 2.01. The van der Waals surface area contributed by atoms with Gasteiger partial charge in [0.05, 0.1) is 12.3 Å². The number of nitrogens with one attached hydrogen (secondary N) is 2. The van der Waals surface area contributed by atoms with E-state index >= 15 is 0 Å². The minimum atomic E-state index is -0.0637. The summed E-state index contributed by atoms with van der Waals surface area (Å²) in [4.78, 5) is 19.0. The Hall–Kier alpha value is -1.20. The number of aromatic nitrogens is 2. The zero-order valence-corrected chi connectivity index (χ0v) is 11.2. The van der Waals surface area contributed by atoms with Crippen molar-refractivity contribution in [1.82, 2.24) is 15.3 Å². The van der Waals surface area contributed by atoms with E-state index in [-0.39, 0.29) is 11.0 Å². The number of H-pyrrole nitrogens is 1. The molecule has 0 spiro atoms. The molecule has 1 aliphatic rings. The molecule has 1 aromatic heterocycles. The van der Waals surface area contributed by atoms with Gasteiger partial charge < -0.3 is 15.0 Å². The van der Waals surface area contributed by atoms with E-state index in [0.29, 0.717) is 19.1 Å². The van der Waals surface area contributed by atoms with Gasteiger partial charge in [-0.25, -0.2) is 4.98 Å². The Morgan fingerprint density at radius 3 is 2.94 bits per heavy atom. The van der Waals surface area contributed by atoms with Crippen molar-refractivity contribution in [1.29, 1.82) is 0 Å². The molecular formula is C13H21N3O2. The van der Waals surface area contributed by atoms with Crippen LogP contribution in [0.1, 0.15) is 37.7 Å². The summed E-state index contributed by atoms with van der Waals surface area (Å²) in [5.41, 5.74) is 1.01. The summed E-state index contributed by atoms with van der Waals surface area (Å²) >= 11 is 0. The van der Waals surface area contributed by atoms with E-state index in [0.717, 1.165) is 24.5 Å². The Morgan fingerprint density at radius 1 is 1.61 bits per heavy atom. The van der Waals surface area contributed by atoms with Crippen LogP contribution in [0, 0.1) is 5.41 Å². The molecule has 1 saturated carbocycles. The second-order valence-electron chi connectivity index (χ2n) is 5.54. The van der Waals surface area contributed by atoms with E-state index in [4.69, 9.17) is 4.74 Å². The molecule has 1 aromatic rings. The minimum Gasteiger partial charge on any atom is -0.383 e. The summed E-state index contributed by atoms with van der Waals surface area (Å²) in [6, 6.07) is 1.55. The first kappa shape index (κ1) is 13.2. The maximum absolute atomic E-state index is 11.6. The van der Waals surface area contributed by atoms with Crippen LogP contribution in [0.3, 0.4) is 0 Å². The molecule has 0 saturated heterocycles. The monoisotopic (exact) mass is 251 g/mol. The number of aromatic amines is 1. The zero-order chi connectivity index (χ0) is 13.2. The first-order valence-corrected chi connectivity index (χ1v) is 6.33. The highest BCUT2D eigenvalue weighted by molar-refractivity contribution is 5.17. The van der Waals surface area contributed by atoms with Gasteiger partial charge in [0.1, 0.15) is 5.82 Å². The van der Waals surface area contributed by atoms with Crippen LogP contribution in [0.4, 0.5) is 0 Å². The Labute approximate surface area is 107 Å². The summed E-state index contributed by atoms with van der Waals surface area (Å²) in [6.45, 7) is 6.41. The molecule has 2 rings (SSSR count). The van der Waals surface area contributed by atoms with E-state index < -0.39 is 0 Å². The van der Waals surface area contributed by atoms with Crippen LogP contribution < -0.4 is 10.9 Å². The van der Waals surface area contributed by atoms with Gasteiger partial charge >= 0.3 is 0 Å². The van der Waals surface area contributed by atoms with E-state index in [1.54, 1.807) is 13.2 Å². The number of hydrogen-bond donors (Lipinski definition) is 2. The van der Waals surface area contributed by atoms with Crippen molar-refractivity contribution in [3.8, 4) is 0 Å². The highest BCUT2D eigenvalue weighted by Crippen LogP contribution is 2.57. The normalized spacial score (nSPS) is 20.9. The lowest BCUT2D eigenvalue weighted by Crippen LogP contribution is -2.22. The van der Waals surface area contributed by atoms with Crippen LogP contribution in [-0.4, -0.2) is 30.2 Å². The SMILES string of the molecule is COCCNCc1cc(=O)[nH]c(C2CC2(C)C)n1. The van der Waals surface area contributed by atoms with Crippen molar-refractivity contribution in [3.63, 3.8) is 0 Å². The molecule has 0 radical (unpaired) electrons. The average molecular weight is 251 g/mol. The van der Waals surface area contributed by atoms with E-state index in [1.807, 2.05) is 0 Å². The Kier molecular flexibility index (Phi) is 3.82. The zero-order valence-electron chi connectivity index (χ0n) is 11.2. The van der Waals surface area contributed by atoms with E-state index in [2.05, 4.69) is 29.1 Å². The van der Waals surface area contributed by atoms with Gasteiger partial charge in [0.25, 0.3) is 5.56 Å². The van der Waals surface area contributed by atoms with E-state index in [9.17, 15) is 4.79 Å². The van der Waals surface area contributed by atoms with Crippen molar-refractivity contribution in [2.75, 3.05) is 20.3 Å². The lowest BCUT2D eigenvalue weighted by atomic mass is 10.1. The second kappa shape index (κ2) is 5.20. The predicted octanol–water partition coefficient (Wildman–Crippen LogP) is 1.02. The Morgan fingerprint density at radius 2 is 2.33 bits per heavy atom. The van der Waals surface area contributed by atoms with Gasteiger partial charge in [0.2, 0.25) is 0 Å². The maximum Gasteiger partial charge on any atom is 0.251 e. The number of methoxy groups -OCH3 is 1.